The molecule has 0 saturated carbocycles. The Morgan fingerprint density at radius 3 is 2.69 bits per heavy atom. The van der Waals surface area contributed by atoms with Gasteiger partial charge in [-0.2, -0.15) is 0 Å². The molecule has 2 aromatic rings. The Balaban J connectivity index is 2.80. The summed E-state index contributed by atoms with van der Waals surface area (Å²) in [5.41, 5.74) is 1.20. The minimum Gasteiger partial charge on any atom is -0.142 e. The molecule has 0 unspecified atom stereocenters. The number of halogens is 3. The molecule has 0 nitrogen and oxygen atoms in total. The van der Waals surface area contributed by atoms with E-state index in [9.17, 15) is 0 Å². The first-order valence-corrected chi connectivity index (χ1v) is 7.20. The van der Waals surface area contributed by atoms with Gasteiger partial charge >= 0.3 is 0 Å². The van der Waals surface area contributed by atoms with Crippen LogP contribution in [0.3, 0.4) is 0 Å². The zero-order chi connectivity index (χ0) is 9.42. The maximum atomic E-state index is 5.82. The van der Waals surface area contributed by atoms with Gasteiger partial charge in [-0.3, -0.25) is 0 Å². The van der Waals surface area contributed by atoms with E-state index >= 15 is 0 Å². The number of alkyl halides is 1. The van der Waals surface area contributed by atoms with Crippen molar-refractivity contribution in [1.29, 1.82) is 0 Å². The number of hydrogen-bond donors (Lipinski definition) is 0. The predicted molar refractivity (Wildman–Crippen MR) is 76.8 cm³/mol. The van der Waals surface area contributed by atoms with Crippen LogP contribution >= 0.6 is 68.1 Å². The smallest absolute Gasteiger partial charge is 0.0487 e. The molecule has 0 amide bonds. The van der Waals surface area contributed by atoms with Crippen molar-refractivity contribution in [3.63, 3.8) is 0 Å². The summed E-state index contributed by atoms with van der Waals surface area (Å²) in [7, 11) is 0. The lowest BCUT2D eigenvalue weighted by Gasteiger charge is -1.99. The molecular weight excluding hydrogens is 429 g/mol. The lowest BCUT2D eigenvalue weighted by atomic mass is 10.2. The molecule has 0 aliphatic carbocycles. The van der Waals surface area contributed by atoms with Crippen molar-refractivity contribution >= 4 is 78.2 Å². The molecule has 1 aromatic heterocycles. The third-order valence-corrected chi connectivity index (χ3v) is 5.66. The molecule has 0 N–H and O–H groups in total. The number of benzene rings is 1. The third-order valence-electron chi connectivity index (χ3n) is 1.80. The molecule has 0 fully saturated rings. The van der Waals surface area contributed by atoms with E-state index < -0.39 is 0 Å². The topological polar surface area (TPSA) is 0 Å². The molecule has 0 atom stereocenters. The van der Waals surface area contributed by atoms with Crippen LogP contribution in [-0.4, -0.2) is 0 Å². The standard InChI is InChI=1S/C9H5ClI2S/c10-3-5-1-6-8(12)4-13-9(6)7(11)2-5/h1-2,4H,3H2. The maximum absolute atomic E-state index is 5.82. The molecule has 4 heteroatoms. The van der Waals surface area contributed by atoms with Gasteiger partial charge < -0.3 is 0 Å². The fourth-order valence-corrected chi connectivity index (χ4v) is 4.23. The summed E-state index contributed by atoms with van der Waals surface area (Å²) >= 11 is 12.4. The molecule has 1 aromatic carbocycles. The van der Waals surface area contributed by atoms with Gasteiger partial charge in [-0.15, -0.1) is 22.9 Å². The monoisotopic (exact) mass is 434 g/mol. The largest absolute Gasteiger partial charge is 0.142 e. The van der Waals surface area contributed by atoms with E-state index in [4.69, 9.17) is 11.6 Å². The number of rotatable bonds is 1. The average Bonchev–Trinajstić information content (AvgIpc) is 2.48. The highest BCUT2D eigenvalue weighted by Gasteiger charge is 2.06. The van der Waals surface area contributed by atoms with Gasteiger partial charge in [-0.25, -0.2) is 0 Å². The molecular formula is C9H5ClI2S. The van der Waals surface area contributed by atoms with Crippen molar-refractivity contribution < 1.29 is 0 Å². The SMILES string of the molecule is ClCc1cc(I)c2scc(I)c2c1. The molecule has 0 aliphatic rings. The van der Waals surface area contributed by atoms with Crippen LogP contribution in [0.25, 0.3) is 10.1 Å². The second kappa shape index (κ2) is 4.20. The lowest BCUT2D eigenvalue weighted by molar-refractivity contribution is 1.42. The Kier molecular flexibility index (Phi) is 3.38. The minimum absolute atomic E-state index is 0.595. The van der Waals surface area contributed by atoms with Gasteiger partial charge in [0, 0.05) is 28.5 Å². The van der Waals surface area contributed by atoms with Crippen molar-refractivity contribution in [2.75, 3.05) is 0 Å². The van der Waals surface area contributed by atoms with Gasteiger partial charge in [-0.1, -0.05) is 0 Å². The molecule has 1 heterocycles. The van der Waals surface area contributed by atoms with Crippen molar-refractivity contribution in [2.24, 2.45) is 0 Å². The lowest BCUT2D eigenvalue weighted by Crippen LogP contribution is -1.80. The van der Waals surface area contributed by atoms with E-state index in [-0.39, 0.29) is 0 Å². The second-order valence-electron chi connectivity index (χ2n) is 2.67. The first-order valence-electron chi connectivity index (χ1n) is 3.63. The number of fused-ring (bicyclic) bond motifs is 1. The van der Waals surface area contributed by atoms with E-state index in [1.165, 1.54) is 22.8 Å². The summed E-state index contributed by atoms with van der Waals surface area (Å²) in [5.74, 6) is 0.595. The summed E-state index contributed by atoms with van der Waals surface area (Å²) in [6.45, 7) is 0. The average molecular weight is 434 g/mol. The van der Waals surface area contributed by atoms with E-state index in [1.54, 1.807) is 11.3 Å². The summed E-state index contributed by atoms with van der Waals surface area (Å²) in [4.78, 5) is 0. The molecule has 0 spiro atoms. The van der Waals surface area contributed by atoms with E-state index in [1.807, 2.05) is 0 Å². The van der Waals surface area contributed by atoms with Crippen LogP contribution in [0.5, 0.6) is 0 Å². The quantitative estimate of drug-likeness (QED) is 0.445. The number of hydrogen-bond acceptors (Lipinski definition) is 1. The second-order valence-corrected chi connectivity index (χ2v) is 6.14. The van der Waals surface area contributed by atoms with Gasteiger partial charge in [0.25, 0.3) is 0 Å². The van der Waals surface area contributed by atoms with Crippen LogP contribution in [0.4, 0.5) is 0 Å². The van der Waals surface area contributed by atoms with Crippen molar-refractivity contribution in [1.82, 2.24) is 0 Å². The zero-order valence-corrected chi connectivity index (χ0v) is 12.4. The van der Waals surface area contributed by atoms with E-state index in [2.05, 4.69) is 62.7 Å². The van der Waals surface area contributed by atoms with Crippen LogP contribution in [0.1, 0.15) is 5.56 Å². The van der Waals surface area contributed by atoms with Gasteiger partial charge in [0.1, 0.15) is 0 Å². The Morgan fingerprint density at radius 2 is 2.00 bits per heavy atom. The summed E-state index contributed by atoms with van der Waals surface area (Å²) in [5, 5.41) is 3.53. The normalized spacial score (nSPS) is 11.0. The summed E-state index contributed by atoms with van der Waals surface area (Å²) in [6, 6.07) is 4.34. The van der Waals surface area contributed by atoms with E-state index in [0.717, 1.165) is 0 Å². The molecule has 0 saturated heterocycles. The van der Waals surface area contributed by atoms with Crippen LogP contribution in [0.2, 0.25) is 0 Å². The Morgan fingerprint density at radius 1 is 1.23 bits per heavy atom. The molecule has 13 heavy (non-hydrogen) atoms. The summed E-state index contributed by atoms with van der Waals surface area (Å²) < 4.78 is 4.00. The molecule has 2 rings (SSSR count). The Hall–Kier alpha value is 0.930. The van der Waals surface area contributed by atoms with Gasteiger partial charge in [0.05, 0.1) is 0 Å². The maximum Gasteiger partial charge on any atom is 0.0487 e. The fourth-order valence-electron chi connectivity index (χ4n) is 1.20. The van der Waals surface area contributed by atoms with Crippen LogP contribution in [-0.2, 0) is 5.88 Å². The van der Waals surface area contributed by atoms with Crippen molar-refractivity contribution in [2.45, 2.75) is 5.88 Å². The molecule has 68 valence electrons. The molecule has 0 bridgehead atoms. The third kappa shape index (κ3) is 1.98. The van der Waals surface area contributed by atoms with Crippen molar-refractivity contribution in [3.8, 4) is 0 Å². The van der Waals surface area contributed by atoms with Gasteiger partial charge in [0.15, 0.2) is 0 Å². The van der Waals surface area contributed by atoms with Crippen LogP contribution in [0.15, 0.2) is 17.5 Å². The van der Waals surface area contributed by atoms with Crippen molar-refractivity contribution in [3.05, 3.63) is 30.2 Å². The first kappa shape index (κ1) is 10.4. The fraction of sp³-hybridized carbons (Fsp3) is 0.111. The highest BCUT2D eigenvalue weighted by atomic mass is 127. The molecule has 0 radical (unpaired) electrons. The van der Waals surface area contributed by atoms with Crippen LogP contribution < -0.4 is 0 Å². The Labute approximate surface area is 113 Å². The highest BCUT2D eigenvalue weighted by molar-refractivity contribution is 14.1. The predicted octanol–water partition coefficient (Wildman–Crippen LogP) is 4.85. The number of thiophene rings is 1. The van der Waals surface area contributed by atoms with Gasteiger partial charge in [0.2, 0.25) is 0 Å². The first-order chi connectivity index (χ1) is 6.22. The van der Waals surface area contributed by atoms with Crippen LogP contribution in [0, 0.1) is 7.14 Å². The zero-order valence-electron chi connectivity index (χ0n) is 6.48. The van der Waals surface area contributed by atoms with E-state index in [0.29, 0.717) is 5.88 Å². The Bertz CT molecular complexity index is 450. The summed E-state index contributed by atoms with van der Waals surface area (Å²) in [6.07, 6.45) is 0. The highest BCUT2D eigenvalue weighted by Crippen LogP contribution is 2.32. The molecule has 0 aliphatic heterocycles. The minimum atomic E-state index is 0.595. The van der Waals surface area contributed by atoms with Gasteiger partial charge in [-0.05, 0) is 62.9 Å².